The molecule has 2 rings (SSSR count). The van der Waals surface area contributed by atoms with Crippen molar-refractivity contribution in [1.29, 1.82) is 0 Å². The third-order valence-electron chi connectivity index (χ3n) is 2.24. The van der Waals surface area contributed by atoms with E-state index in [0.717, 1.165) is 0 Å². The van der Waals surface area contributed by atoms with Gasteiger partial charge < -0.3 is 20.7 Å². The highest BCUT2D eigenvalue weighted by Gasteiger charge is 2.13. The summed E-state index contributed by atoms with van der Waals surface area (Å²) in [5.74, 6) is -0.0518. The van der Waals surface area contributed by atoms with E-state index in [4.69, 9.17) is 20.7 Å². The number of nitrogens with one attached hydrogen (secondary N) is 1. The summed E-state index contributed by atoms with van der Waals surface area (Å²) >= 11 is 0. The summed E-state index contributed by atoms with van der Waals surface area (Å²) in [5.41, 5.74) is 5.08. The molecule has 0 atom stereocenters. The third-order valence-corrected chi connectivity index (χ3v) is 2.24. The van der Waals surface area contributed by atoms with E-state index < -0.39 is 11.7 Å². The Bertz CT molecular complexity index is 589. The van der Waals surface area contributed by atoms with Gasteiger partial charge in [-0.1, -0.05) is 5.21 Å². The Hall–Kier alpha value is -2.04. The van der Waals surface area contributed by atoms with Gasteiger partial charge in [0.25, 0.3) is 5.56 Å². The van der Waals surface area contributed by atoms with Gasteiger partial charge in [-0.3, -0.25) is 9.78 Å². The SMILES string of the molecule is Nc1nc2nnn(COC(CO)CO)c2c(=O)[nH]1. The van der Waals surface area contributed by atoms with Crippen LogP contribution in [0.2, 0.25) is 0 Å². The molecule has 0 fully saturated rings. The zero-order valence-electron chi connectivity index (χ0n) is 9.28. The number of aliphatic hydroxyl groups excluding tert-OH is 2. The molecule has 5 N–H and O–H groups in total. The lowest BCUT2D eigenvalue weighted by Crippen LogP contribution is -2.24. The van der Waals surface area contributed by atoms with Crippen LogP contribution in [0, 0.1) is 0 Å². The molecule has 2 aromatic heterocycles. The quantitative estimate of drug-likeness (QED) is 0.455. The van der Waals surface area contributed by atoms with Gasteiger partial charge in [-0.15, -0.1) is 5.10 Å². The lowest BCUT2D eigenvalue weighted by molar-refractivity contribution is -0.0527. The Kier molecular flexibility index (Phi) is 3.50. The molecule has 0 saturated carbocycles. The molecule has 2 aromatic rings. The number of rotatable bonds is 5. The molecule has 2 heterocycles. The van der Waals surface area contributed by atoms with Crippen molar-refractivity contribution in [2.45, 2.75) is 12.8 Å². The molecule has 0 aliphatic carbocycles. The number of aromatic amines is 1. The number of nitrogen functional groups attached to an aromatic ring is 1. The Morgan fingerprint density at radius 3 is 2.83 bits per heavy atom. The summed E-state index contributed by atoms with van der Waals surface area (Å²) < 4.78 is 6.29. The van der Waals surface area contributed by atoms with Crippen LogP contribution >= 0.6 is 0 Å². The van der Waals surface area contributed by atoms with E-state index in [0.29, 0.717) is 0 Å². The number of anilines is 1. The Morgan fingerprint density at radius 1 is 1.44 bits per heavy atom. The summed E-state index contributed by atoms with van der Waals surface area (Å²) in [5, 5.41) is 25.0. The number of fused-ring (bicyclic) bond motifs is 1. The van der Waals surface area contributed by atoms with Gasteiger partial charge in [-0.25, -0.2) is 4.68 Å². The largest absolute Gasteiger partial charge is 0.394 e. The van der Waals surface area contributed by atoms with E-state index in [-0.39, 0.29) is 37.1 Å². The van der Waals surface area contributed by atoms with Crippen molar-refractivity contribution in [2.24, 2.45) is 0 Å². The number of ether oxygens (including phenoxy) is 1. The summed E-state index contributed by atoms with van der Waals surface area (Å²) in [4.78, 5) is 17.7. The highest BCUT2D eigenvalue weighted by molar-refractivity contribution is 5.69. The molecule has 10 nitrogen and oxygen atoms in total. The predicted octanol–water partition coefficient (Wildman–Crippen LogP) is -2.58. The topological polar surface area (TPSA) is 152 Å². The van der Waals surface area contributed by atoms with Crippen LogP contribution in [0.5, 0.6) is 0 Å². The number of hydrogen-bond donors (Lipinski definition) is 4. The minimum atomic E-state index is -0.745. The van der Waals surface area contributed by atoms with Crippen molar-refractivity contribution in [2.75, 3.05) is 18.9 Å². The van der Waals surface area contributed by atoms with Crippen molar-refractivity contribution in [3.63, 3.8) is 0 Å². The van der Waals surface area contributed by atoms with E-state index >= 15 is 0 Å². The standard InChI is InChI=1S/C8H12N6O4/c9-8-10-6-5(7(17)11-8)14(13-12-6)3-18-4(1-15)2-16/h4,15-16H,1-3H2,(H3,9,10,11,17). The van der Waals surface area contributed by atoms with E-state index in [1.54, 1.807) is 0 Å². The molecule has 10 heteroatoms. The van der Waals surface area contributed by atoms with Gasteiger partial charge in [0, 0.05) is 0 Å². The van der Waals surface area contributed by atoms with Gasteiger partial charge in [0.15, 0.2) is 5.52 Å². The van der Waals surface area contributed by atoms with Crippen LogP contribution in [0.25, 0.3) is 11.2 Å². The lowest BCUT2D eigenvalue weighted by Gasteiger charge is -2.11. The summed E-state index contributed by atoms with van der Waals surface area (Å²) in [6.07, 6.45) is -0.745. The fraction of sp³-hybridized carbons (Fsp3) is 0.500. The second-order valence-corrected chi connectivity index (χ2v) is 3.50. The average Bonchev–Trinajstić information content (AvgIpc) is 2.73. The van der Waals surface area contributed by atoms with Crippen LogP contribution in [0.1, 0.15) is 0 Å². The minimum Gasteiger partial charge on any atom is -0.394 e. The van der Waals surface area contributed by atoms with Gasteiger partial charge >= 0.3 is 0 Å². The van der Waals surface area contributed by atoms with E-state index in [1.165, 1.54) is 4.68 Å². The molecule has 0 unspecified atom stereocenters. The first kappa shape index (κ1) is 12.4. The summed E-state index contributed by atoms with van der Waals surface area (Å²) in [6.45, 7) is -0.827. The Labute approximate surface area is 100 Å². The minimum absolute atomic E-state index is 0.0518. The second-order valence-electron chi connectivity index (χ2n) is 3.50. The molecule has 0 aromatic carbocycles. The molecular weight excluding hydrogens is 244 g/mol. The normalized spacial score (nSPS) is 11.5. The highest BCUT2D eigenvalue weighted by Crippen LogP contribution is 2.04. The smallest absolute Gasteiger partial charge is 0.280 e. The molecule has 0 spiro atoms. The van der Waals surface area contributed by atoms with Crippen LogP contribution < -0.4 is 11.3 Å². The number of hydrogen-bond acceptors (Lipinski definition) is 8. The van der Waals surface area contributed by atoms with Crippen LogP contribution in [0.15, 0.2) is 4.79 Å². The maximum atomic E-state index is 11.6. The van der Waals surface area contributed by atoms with Crippen molar-refractivity contribution in [3.05, 3.63) is 10.4 Å². The van der Waals surface area contributed by atoms with Crippen LogP contribution in [-0.2, 0) is 11.5 Å². The van der Waals surface area contributed by atoms with Crippen LogP contribution in [0.3, 0.4) is 0 Å². The zero-order chi connectivity index (χ0) is 13.1. The van der Waals surface area contributed by atoms with E-state index in [1.807, 2.05) is 0 Å². The zero-order valence-corrected chi connectivity index (χ0v) is 9.28. The fourth-order valence-corrected chi connectivity index (χ4v) is 1.35. The highest BCUT2D eigenvalue weighted by atomic mass is 16.5. The first-order valence-corrected chi connectivity index (χ1v) is 5.08. The first-order chi connectivity index (χ1) is 8.65. The van der Waals surface area contributed by atoms with E-state index in [2.05, 4.69) is 20.3 Å². The number of aromatic nitrogens is 5. The molecule has 0 bridgehead atoms. The lowest BCUT2D eigenvalue weighted by atomic mass is 10.4. The molecule has 18 heavy (non-hydrogen) atoms. The van der Waals surface area contributed by atoms with Gasteiger partial charge in [0.2, 0.25) is 11.6 Å². The predicted molar refractivity (Wildman–Crippen MR) is 59.4 cm³/mol. The maximum absolute atomic E-state index is 11.6. The number of nitrogens with two attached hydrogens (primary N) is 1. The number of aliphatic hydroxyl groups is 2. The number of H-pyrrole nitrogens is 1. The van der Waals surface area contributed by atoms with Crippen molar-refractivity contribution in [3.8, 4) is 0 Å². The van der Waals surface area contributed by atoms with Crippen LogP contribution in [0.4, 0.5) is 5.95 Å². The molecule has 0 saturated heterocycles. The van der Waals surface area contributed by atoms with Gasteiger partial charge in [0.1, 0.15) is 12.8 Å². The number of nitrogens with zero attached hydrogens (tertiary/aromatic N) is 4. The second kappa shape index (κ2) is 5.08. The van der Waals surface area contributed by atoms with Crippen molar-refractivity contribution >= 4 is 17.1 Å². The Balaban J connectivity index is 2.27. The molecular formula is C8H12N6O4. The van der Waals surface area contributed by atoms with Crippen molar-refractivity contribution in [1.82, 2.24) is 25.0 Å². The van der Waals surface area contributed by atoms with Crippen LogP contribution in [-0.4, -0.2) is 54.5 Å². The van der Waals surface area contributed by atoms with Gasteiger partial charge in [-0.05, 0) is 0 Å². The monoisotopic (exact) mass is 256 g/mol. The van der Waals surface area contributed by atoms with Gasteiger partial charge in [-0.2, -0.15) is 4.98 Å². The Morgan fingerprint density at radius 2 is 2.17 bits per heavy atom. The molecule has 0 aliphatic heterocycles. The van der Waals surface area contributed by atoms with E-state index in [9.17, 15) is 4.79 Å². The van der Waals surface area contributed by atoms with Crippen molar-refractivity contribution < 1.29 is 14.9 Å². The fourth-order valence-electron chi connectivity index (χ4n) is 1.35. The summed E-state index contributed by atoms with van der Waals surface area (Å²) in [7, 11) is 0. The third kappa shape index (κ3) is 2.30. The molecule has 0 aliphatic rings. The van der Waals surface area contributed by atoms with Gasteiger partial charge in [0.05, 0.1) is 13.2 Å². The summed E-state index contributed by atoms with van der Waals surface area (Å²) in [6, 6.07) is 0. The maximum Gasteiger partial charge on any atom is 0.280 e. The molecule has 0 amide bonds. The molecule has 0 radical (unpaired) electrons. The average molecular weight is 256 g/mol. The molecule has 98 valence electrons. The first-order valence-electron chi connectivity index (χ1n) is 5.08.